The monoisotopic (exact) mass is 228 g/mol. The maximum Gasteiger partial charge on any atom is 0.407 e. The molecule has 1 saturated carbocycles. The third kappa shape index (κ3) is 4.39. The molecule has 0 aromatic rings. The second kappa shape index (κ2) is 5.04. The highest BCUT2D eigenvalue weighted by molar-refractivity contribution is 5.68. The summed E-state index contributed by atoms with van der Waals surface area (Å²) in [5, 5.41) is 2.93. The second-order valence-corrected chi connectivity index (χ2v) is 5.80. The normalized spacial score (nSPS) is 30.9. The zero-order valence-electron chi connectivity index (χ0n) is 10.7. The van der Waals surface area contributed by atoms with Crippen LogP contribution in [-0.2, 0) is 4.74 Å². The van der Waals surface area contributed by atoms with Crippen LogP contribution in [0.3, 0.4) is 0 Å². The number of hydrogen-bond donors (Lipinski definition) is 2. The van der Waals surface area contributed by atoms with Gasteiger partial charge in [0.2, 0.25) is 0 Å². The molecule has 94 valence electrons. The molecule has 16 heavy (non-hydrogen) atoms. The van der Waals surface area contributed by atoms with Crippen molar-refractivity contribution in [2.24, 2.45) is 11.7 Å². The van der Waals surface area contributed by atoms with Gasteiger partial charge in [0.15, 0.2) is 0 Å². The molecule has 0 saturated heterocycles. The van der Waals surface area contributed by atoms with E-state index >= 15 is 0 Å². The fourth-order valence-electron chi connectivity index (χ4n) is 2.11. The van der Waals surface area contributed by atoms with Crippen molar-refractivity contribution < 1.29 is 9.53 Å². The molecule has 1 fully saturated rings. The third-order valence-electron chi connectivity index (χ3n) is 2.91. The van der Waals surface area contributed by atoms with Gasteiger partial charge in [-0.2, -0.15) is 0 Å². The van der Waals surface area contributed by atoms with Crippen molar-refractivity contribution in [3.8, 4) is 0 Å². The zero-order valence-corrected chi connectivity index (χ0v) is 10.7. The molecule has 4 nitrogen and oxygen atoms in total. The molecule has 0 heterocycles. The number of carbonyl (C=O) groups is 1. The van der Waals surface area contributed by atoms with Crippen molar-refractivity contribution in [3.63, 3.8) is 0 Å². The van der Waals surface area contributed by atoms with Crippen LogP contribution in [0.15, 0.2) is 0 Å². The molecule has 0 spiro atoms. The van der Waals surface area contributed by atoms with Gasteiger partial charge in [-0.25, -0.2) is 4.79 Å². The minimum atomic E-state index is -0.432. The number of amides is 1. The van der Waals surface area contributed by atoms with Crippen LogP contribution in [0.5, 0.6) is 0 Å². The van der Waals surface area contributed by atoms with Gasteiger partial charge in [0, 0.05) is 12.1 Å². The topological polar surface area (TPSA) is 64.3 Å². The van der Waals surface area contributed by atoms with Crippen LogP contribution in [0.1, 0.15) is 47.0 Å². The van der Waals surface area contributed by atoms with Crippen molar-refractivity contribution in [1.29, 1.82) is 0 Å². The minimum absolute atomic E-state index is 0.203. The van der Waals surface area contributed by atoms with E-state index in [9.17, 15) is 4.79 Å². The highest BCUT2D eigenvalue weighted by atomic mass is 16.6. The van der Waals surface area contributed by atoms with E-state index in [1.807, 2.05) is 20.8 Å². The molecule has 0 aromatic carbocycles. The Kier molecular flexibility index (Phi) is 4.19. The number of carbonyl (C=O) groups excluding carboxylic acids is 1. The first kappa shape index (κ1) is 13.3. The van der Waals surface area contributed by atoms with Crippen LogP contribution in [0.25, 0.3) is 0 Å². The standard InChI is InChI=1S/C12H24N2O2/c1-8-7-9(13)5-6-10(8)14-11(15)16-12(2,3)4/h8-10H,5-7,13H2,1-4H3,(H,14,15). The predicted molar refractivity (Wildman–Crippen MR) is 64.1 cm³/mol. The van der Waals surface area contributed by atoms with Crippen molar-refractivity contribution in [2.45, 2.75) is 64.6 Å². The highest BCUT2D eigenvalue weighted by Crippen LogP contribution is 2.23. The van der Waals surface area contributed by atoms with Gasteiger partial charge in [0.05, 0.1) is 0 Å². The van der Waals surface area contributed by atoms with Crippen LogP contribution < -0.4 is 11.1 Å². The van der Waals surface area contributed by atoms with E-state index in [2.05, 4.69) is 12.2 Å². The van der Waals surface area contributed by atoms with E-state index in [0.717, 1.165) is 19.3 Å². The number of alkyl carbamates (subject to hydrolysis) is 1. The first-order valence-corrected chi connectivity index (χ1v) is 6.03. The van der Waals surface area contributed by atoms with Gasteiger partial charge in [0.1, 0.15) is 5.60 Å². The average Bonchev–Trinajstić information content (AvgIpc) is 2.06. The molecule has 1 aliphatic rings. The Labute approximate surface area is 97.9 Å². The van der Waals surface area contributed by atoms with Gasteiger partial charge in [-0.05, 0) is 46.0 Å². The molecule has 3 unspecified atom stereocenters. The molecule has 3 N–H and O–H groups in total. The Hall–Kier alpha value is -0.770. The molecule has 0 aliphatic heterocycles. The predicted octanol–water partition coefficient (Wildman–Crippen LogP) is 2.03. The number of hydrogen-bond acceptors (Lipinski definition) is 3. The van der Waals surface area contributed by atoms with E-state index in [-0.39, 0.29) is 18.2 Å². The van der Waals surface area contributed by atoms with Gasteiger partial charge >= 0.3 is 6.09 Å². The maximum atomic E-state index is 11.6. The summed E-state index contributed by atoms with van der Waals surface area (Å²) in [7, 11) is 0. The molecule has 0 bridgehead atoms. The number of rotatable bonds is 1. The summed E-state index contributed by atoms with van der Waals surface area (Å²) in [5.41, 5.74) is 5.44. The SMILES string of the molecule is CC1CC(N)CCC1NC(=O)OC(C)(C)C. The van der Waals surface area contributed by atoms with Crippen LogP contribution in [0.4, 0.5) is 4.79 Å². The molecule has 1 aliphatic carbocycles. The lowest BCUT2D eigenvalue weighted by molar-refractivity contribution is 0.0469. The molecular weight excluding hydrogens is 204 g/mol. The summed E-state index contributed by atoms with van der Waals surface area (Å²) in [6, 6.07) is 0.487. The van der Waals surface area contributed by atoms with Crippen LogP contribution in [0, 0.1) is 5.92 Å². The van der Waals surface area contributed by atoms with Gasteiger partial charge in [-0.15, -0.1) is 0 Å². The molecule has 3 atom stereocenters. The number of ether oxygens (including phenoxy) is 1. The summed E-state index contributed by atoms with van der Waals surface area (Å²) >= 11 is 0. The molecule has 0 aromatic heterocycles. The minimum Gasteiger partial charge on any atom is -0.444 e. The van der Waals surface area contributed by atoms with Gasteiger partial charge in [-0.1, -0.05) is 6.92 Å². The lowest BCUT2D eigenvalue weighted by Crippen LogP contribution is -2.47. The Morgan fingerprint density at radius 3 is 2.50 bits per heavy atom. The summed E-state index contributed by atoms with van der Waals surface area (Å²) < 4.78 is 5.23. The fourth-order valence-corrected chi connectivity index (χ4v) is 2.11. The lowest BCUT2D eigenvalue weighted by atomic mass is 9.83. The largest absolute Gasteiger partial charge is 0.444 e. The van der Waals surface area contributed by atoms with E-state index in [4.69, 9.17) is 10.5 Å². The zero-order chi connectivity index (χ0) is 12.3. The van der Waals surface area contributed by atoms with Crippen molar-refractivity contribution in [2.75, 3.05) is 0 Å². The Balaban J connectivity index is 2.39. The summed E-state index contributed by atoms with van der Waals surface area (Å²) in [4.78, 5) is 11.6. The molecule has 1 amide bonds. The van der Waals surface area contributed by atoms with Gasteiger partial charge in [0.25, 0.3) is 0 Å². The number of nitrogens with two attached hydrogens (primary N) is 1. The number of nitrogens with one attached hydrogen (secondary N) is 1. The Morgan fingerprint density at radius 2 is 2.00 bits per heavy atom. The maximum absolute atomic E-state index is 11.6. The summed E-state index contributed by atoms with van der Waals surface area (Å²) in [6.45, 7) is 7.73. The Bertz CT molecular complexity index is 248. The Morgan fingerprint density at radius 1 is 1.38 bits per heavy atom. The van der Waals surface area contributed by atoms with Crippen molar-refractivity contribution in [1.82, 2.24) is 5.32 Å². The quantitative estimate of drug-likeness (QED) is 0.721. The first-order chi connectivity index (χ1) is 7.28. The van der Waals surface area contributed by atoms with Crippen molar-refractivity contribution >= 4 is 6.09 Å². The molecule has 1 rings (SSSR count). The highest BCUT2D eigenvalue weighted by Gasteiger charge is 2.28. The second-order valence-electron chi connectivity index (χ2n) is 5.80. The van der Waals surface area contributed by atoms with E-state index in [1.165, 1.54) is 0 Å². The van der Waals surface area contributed by atoms with Crippen LogP contribution in [0.2, 0.25) is 0 Å². The van der Waals surface area contributed by atoms with Crippen LogP contribution in [-0.4, -0.2) is 23.8 Å². The first-order valence-electron chi connectivity index (χ1n) is 6.03. The molecule has 0 radical (unpaired) electrons. The molecular formula is C12H24N2O2. The van der Waals surface area contributed by atoms with Crippen molar-refractivity contribution in [3.05, 3.63) is 0 Å². The summed E-state index contributed by atoms with van der Waals surface area (Å²) in [6.07, 6.45) is 2.58. The molecule has 4 heteroatoms. The van der Waals surface area contributed by atoms with E-state index in [1.54, 1.807) is 0 Å². The van der Waals surface area contributed by atoms with E-state index < -0.39 is 5.60 Å². The smallest absolute Gasteiger partial charge is 0.407 e. The van der Waals surface area contributed by atoms with Gasteiger partial charge in [-0.3, -0.25) is 0 Å². The average molecular weight is 228 g/mol. The van der Waals surface area contributed by atoms with Crippen LogP contribution >= 0.6 is 0 Å². The fraction of sp³-hybridized carbons (Fsp3) is 0.917. The lowest BCUT2D eigenvalue weighted by Gasteiger charge is -2.33. The summed E-state index contributed by atoms with van der Waals surface area (Å²) in [5.74, 6) is 0.427. The third-order valence-corrected chi connectivity index (χ3v) is 2.91. The van der Waals surface area contributed by atoms with Gasteiger partial charge < -0.3 is 15.8 Å². The van der Waals surface area contributed by atoms with E-state index in [0.29, 0.717) is 5.92 Å².